The summed E-state index contributed by atoms with van der Waals surface area (Å²) >= 11 is 2.35. The predicted octanol–water partition coefficient (Wildman–Crippen LogP) is 4.65. The Balaban J connectivity index is 2.21. The van der Waals surface area contributed by atoms with Crippen molar-refractivity contribution in [1.29, 1.82) is 0 Å². The fourth-order valence-electron chi connectivity index (χ4n) is 2.66. The van der Waals surface area contributed by atoms with Crippen molar-refractivity contribution in [2.45, 2.75) is 64.7 Å². The van der Waals surface area contributed by atoms with E-state index in [2.05, 4.69) is 41.8 Å². The first-order valence-corrected chi connectivity index (χ1v) is 8.58. The van der Waals surface area contributed by atoms with E-state index < -0.39 is 0 Å². The molecular formula is C15H24IN3. The molecule has 0 saturated heterocycles. The number of hydrogen-bond donors (Lipinski definition) is 1. The quantitative estimate of drug-likeness (QED) is 0.617. The third kappa shape index (κ3) is 4.04. The summed E-state index contributed by atoms with van der Waals surface area (Å²) < 4.78 is 1.17. The van der Waals surface area contributed by atoms with Crippen molar-refractivity contribution in [3.8, 4) is 0 Å². The average Bonchev–Trinajstić information content (AvgIpc) is 2.69. The molecular weight excluding hydrogens is 349 g/mol. The van der Waals surface area contributed by atoms with Crippen LogP contribution in [0.5, 0.6) is 0 Å². The second-order valence-electron chi connectivity index (χ2n) is 5.45. The number of nitrogens with zero attached hydrogens (tertiary/aromatic N) is 2. The predicted molar refractivity (Wildman–Crippen MR) is 88.7 cm³/mol. The maximum atomic E-state index is 4.81. The Morgan fingerprint density at radius 1 is 1.16 bits per heavy atom. The van der Waals surface area contributed by atoms with Crippen LogP contribution >= 0.6 is 22.6 Å². The molecule has 2 rings (SSSR count). The van der Waals surface area contributed by atoms with Crippen LogP contribution in [0, 0.1) is 10.5 Å². The number of aromatic nitrogens is 2. The summed E-state index contributed by atoms with van der Waals surface area (Å²) in [6.45, 7) is 5.26. The van der Waals surface area contributed by atoms with Crippen molar-refractivity contribution in [3.63, 3.8) is 0 Å². The van der Waals surface area contributed by atoms with E-state index in [1.807, 2.05) is 0 Å². The molecule has 106 valence electrons. The molecule has 3 nitrogen and oxygen atoms in total. The van der Waals surface area contributed by atoms with Gasteiger partial charge in [-0.3, -0.25) is 0 Å². The summed E-state index contributed by atoms with van der Waals surface area (Å²) in [5.41, 5.74) is 1.12. The van der Waals surface area contributed by atoms with Crippen LogP contribution < -0.4 is 5.32 Å². The van der Waals surface area contributed by atoms with E-state index in [-0.39, 0.29) is 0 Å². The highest BCUT2D eigenvalue weighted by Gasteiger charge is 2.19. The van der Waals surface area contributed by atoms with Crippen molar-refractivity contribution >= 4 is 28.4 Å². The summed E-state index contributed by atoms with van der Waals surface area (Å²) in [5.74, 6) is 2.67. The van der Waals surface area contributed by atoms with Gasteiger partial charge in [-0.25, -0.2) is 9.97 Å². The molecule has 1 N–H and O–H groups in total. The molecule has 0 spiro atoms. The van der Waals surface area contributed by atoms with E-state index in [1.165, 1.54) is 42.1 Å². The second-order valence-corrected chi connectivity index (χ2v) is 6.52. The lowest BCUT2D eigenvalue weighted by atomic mass is 9.99. The first kappa shape index (κ1) is 15.0. The fraction of sp³-hybridized carbons (Fsp3) is 0.733. The molecule has 1 fully saturated rings. The van der Waals surface area contributed by atoms with Gasteiger partial charge in [-0.1, -0.05) is 32.6 Å². The molecule has 1 aromatic heterocycles. The van der Waals surface area contributed by atoms with Gasteiger partial charge in [0, 0.05) is 12.5 Å². The van der Waals surface area contributed by atoms with Crippen LogP contribution in [-0.2, 0) is 0 Å². The smallest absolute Gasteiger partial charge is 0.143 e. The minimum Gasteiger partial charge on any atom is -0.369 e. The van der Waals surface area contributed by atoms with Gasteiger partial charge in [0.05, 0.1) is 9.26 Å². The van der Waals surface area contributed by atoms with E-state index in [1.54, 1.807) is 0 Å². The van der Waals surface area contributed by atoms with Gasteiger partial charge < -0.3 is 5.32 Å². The van der Waals surface area contributed by atoms with Crippen LogP contribution in [0.1, 0.15) is 69.3 Å². The number of halogens is 1. The van der Waals surface area contributed by atoms with Gasteiger partial charge in [0.1, 0.15) is 11.6 Å². The van der Waals surface area contributed by atoms with Crippen LogP contribution in [0.15, 0.2) is 0 Å². The van der Waals surface area contributed by atoms with Gasteiger partial charge in [-0.15, -0.1) is 0 Å². The van der Waals surface area contributed by atoms with E-state index in [0.717, 1.165) is 30.3 Å². The van der Waals surface area contributed by atoms with Crippen LogP contribution in [0.2, 0.25) is 0 Å². The minimum atomic E-state index is 0.570. The van der Waals surface area contributed by atoms with E-state index in [0.29, 0.717) is 5.92 Å². The monoisotopic (exact) mass is 373 g/mol. The van der Waals surface area contributed by atoms with Gasteiger partial charge in [-0.05, 0) is 48.8 Å². The molecule has 4 heteroatoms. The van der Waals surface area contributed by atoms with Gasteiger partial charge in [0.2, 0.25) is 0 Å². The van der Waals surface area contributed by atoms with Crippen LogP contribution in [0.3, 0.4) is 0 Å². The summed E-state index contributed by atoms with van der Waals surface area (Å²) in [4.78, 5) is 9.55. The third-order valence-corrected chi connectivity index (χ3v) is 5.09. The number of nitrogens with one attached hydrogen (secondary N) is 1. The van der Waals surface area contributed by atoms with Crippen LogP contribution in [0.4, 0.5) is 5.82 Å². The van der Waals surface area contributed by atoms with E-state index in [9.17, 15) is 0 Å². The molecule has 1 heterocycles. The Morgan fingerprint density at radius 2 is 1.84 bits per heavy atom. The van der Waals surface area contributed by atoms with Gasteiger partial charge in [0.25, 0.3) is 0 Å². The summed E-state index contributed by atoms with van der Waals surface area (Å²) in [6.07, 6.45) is 9.05. The van der Waals surface area contributed by atoms with Crippen LogP contribution in [-0.4, -0.2) is 16.5 Å². The first-order chi connectivity index (χ1) is 9.22. The number of hydrogen-bond acceptors (Lipinski definition) is 3. The molecule has 1 saturated carbocycles. The minimum absolute atomic E-state index is 0.570. The fourth-order valence-corrected chi connectivity index (χ4v) is 3.09. The van der Waals surface area contributed by atoms with E-state index >= 15 is 0 Å². The molecule has 1 aliphatic carbocycles. The maximum absolute atomic E-state index is 4.81. The highest BCUT2D eigenvalue weighted by Crippen LogP contribution is 2.31. The Bertz CT molecular complexity index is 412. The zero-order valence-corrected chi connectivity index (χ0v) is 14.2. The van der Waals surface area contributed by atoms with Crippen molar-refractivity contribution in [1.82, 2.24) is 9.97 Å². The Kier molecular flexibility index (Phi) is 5.85. The Morgan fingerprint density at radius 3 is 2.47 bits per heavy atom. The second kappa shape index (κ2) is 7.41. The zero-order chi connectivity index (χ0) is 13.7. The van der Waals surface area contributed by atoms with Gasteiger partial charge >= 0.3 is 0 Å². The number of anilines is 1. The third-order valence-electron chi connectivity index (χ3n) is 3.80. The van der Waals surface area contributed by atoms with E-state index in [4.69, 9.17) is 9.97 Å². The maximum Gasteiger partial charge on any atom is 0.143 e. The lowest BCUT2D eigenvalue weighted by Gasteiger charge is -2.16. The molecule has 0 unspecified atom stereocenters. The molecule has 0 aliphatic heterocycles. The van der Waals surface area contributed by atoms with Crippen molar-refractivity contribution in [2.24, 2.45) is 0 Å². The summed E-state index contributed by atoms with van der Waals surface area (Å²) in [7, 11) is 0. The highest BCUT2D eigenvalue weighted by atomic mass is 127. The summed E-state index contributed by atoms with van der Waals surface area (Å²) in [5, 5.41) is 3.44. The number of rotatable bonds is 4. The van der Waals surface area contributed by atoms with Crippen LogP contribution in [0.25, 0.3) is 0 Å². The molecule has 0 radical (unpaired) electrons. The molecule has 0 atom stereocenters. The zero-order valence-electron chi connectivity index (χ0n) is 12.0. The summed E-state index contributed by atoms with van der Waals surface area (Å²) in [6, 6.07) is 0. The molecule has 0 aromatic carbocycles. The molecule has 19 heavy (non-hydrogen) atoms. The van der Waals surface area contributed by atoms with Crippen molar-refractivity contribution in [2.75, 3.05) is 11.9 Å². The standard InChI is InChI=1S/C15H24IN3/c1-3-10-17-15-13(16)11(2)18-14(19-15)12-8-6-4-5-7-9-12/h12H,3-10H2,1-2H3,(H,17,18,19). The molecule has 1 aliphatic rings. The normalized spacial score (nSPS) is 17.2. The average molecular weight is 373 g/mol. The Hall–Kier alpha value is -0.390. The topological polar surface area (TPSA) is 37.8 Å². The molecule has 1 aromatic rings. The highest BCUT2D eigenvalue weighted by molar-refractivity contribution is 14.1. The van der Waals surface area contributed by atoms with Crippen molar-refractivity contribution in [3.05, 3.63) is 15.1 Å². The van der Waals surface area contributed by atoms with Gasteiger partial charge in [0.15, 0.2) is 0 Å². The SMILES string of the molecule is CCCNc1nc(C2CCCCCC2)nc(C)c1I. The lowest BCUT2D eigenvalue weighted by molar-refractivity contribution is 0.558. The lowest BCUT2D eigenvalue weighted by Crippen LogP contribution is -2.12. The molecule has 0 amide bonds. The first-order valence-electron chi connectivity index (χ1n) is 7.50. The van der Waals surface area contributed by atoms with Crippen molar-refractivity contribution < 1.29 is 0 Å². The van der Waals surface area contributed by atoms with Gasteiger partial charge in [-0.2, -0.15) is 0 Å². The largest absolute Gasteiger partial charge is 0.369 e. The number of aryl methyl sites for hydroxylation is 1. The Labute approximate surface area is 130 Å². The molecule has 0 bridgehead atoms.